The lowest BCUT2D eigenvalue weighted by Gasteiger charge is -2.19. The molecule has 3 aromatic rings. The molecule has 0 N–H and O–H groups in total. The first-order valence-corrected chi connectivity index (χ1v) is 9.79. The van der Waals surface area contributed by atoms with Crippen LogP contribution in [-0.2, 0) is 6.54 Å². The standard InChI is InChI=1S/C22H21N3O3S/c1-15-20(22(26)25(12-11-23)14-16-7-5-4-6-8-16)29-21(24-15)17-9-10-18(27-2)19(13-17)28-3/h4-10,13H,12,14H2,1-3H3. The average molecular weight is 407 g/mol. The Morgan fingerprint density at radius 2 is 1.86 bits per heavy atom. The highest BCUT2D eigenvalue weighted by Crippen LogP contribution is 2.35. The van der Waals surface area contributed by atoms with E-state index < -0.39 is 0 Å². The van der Waals surface area contributed by atoms with Gasteiger partial charge in [-0.3, -0.25) is 4.79 Å². The highest BCUT2D eigenvalue weighted by atomic mass is 32.1. The number of hydrogen-bond donors (Lipinski definition) is 0. The van der Waals surface area contributed by atoms with Gasteiger partial charge in [0.05, 0.1) is 26.0 Å². The molecular weight excluding hydrogens is 386 g/mol. The summed E-state index contributed by atoms with van der Waals surface area (Å²) in [6, 6.07) is 17.2. The quantitative estimate of drug-likeness (QED) is 0.546. The zero-order valence-corrected chi connectivity index (χ0v) is 17.3. The Kier molecular flexibility index (Phi) is 6.47. The monoisotopic (exact) mass is 407 g/mol. The van der Waals surface area contributed by atoms with Crippen molar-refractivity contribution in [1.29, 1.82) is 5.26 Å². The molecule has 29 heavy (non-hydrogen) atoms. The van der Waals surface area contributed by atoms with E-state index in [1.165, 1.54) is 16.2 Å². The number of amides is 1. The molecule has 1 aromatic heterocycles. The Balaban J connectivity index is 1.90. The van der Waals surface area contributed by atoms with E-state index >= 15 is 0 Å². The molecule has 0 saturated heterocycles. The van der Waals surface area contributed by atoms with Gasteiger partial charge in [-0.15, -0.1) is 11.3 Å². The third-order valence-corrected chi connectivity index (χ3v) is 5.58. The molecule has 0 unspecified atom stereocenters. The van der Waals surface area contributed by atoms with Crippen LogP contribution in [-0.4, -0.2) is 36.6 Å². The fraction of sp³-hybridized carbons (Fsp3) is 0.227. The molecule has 148 valence electrons. The second kappa shape index (κ2) is 9.22. The third kappa shape index (κ3) is 4.55. The van der Waals surface area contributed by atoms with Crippen LogP contribution in [0.15, 0.2) is 48.5 Å². The van der Waals surface area contributed by atoms with E-state index in [-0.39, 0.29) is 12.5 Å². The number of thiazole rings is 1. The highest BCUT2D eigenvalue weighted by molar-refractivity contribution is 7.17. The van der Waals surface area contributed by atoms with Crippen LogP contribution in [0.1, 0.15) is 20.9 Å². The molecule has 0 atom stereocenters. The molecule has 0 aliphatic carbocycles. The summed E-state index contributed by atoms with van der Waals surface area (Å²) in [5, 5.41) is 9.90. The lowest BCUT2D eigenvalue weighted by molar-refractivity contribution is 0.0769. The first-order valence-electron chi connectivity index (χ1n) is 8.97. The number of methoxy groups -OCH3 is 2. The molecule has 1 heterocycles. The smallest absolute Gasteiger partial charge is 0.267 e. The van der Waals surface area contributed by atoms with Crippen LogP contribution in [0.5, 0.6) is 11.5 Å². The Bertz CT molecular complexity index is 1040. The van der Waals surface area contributed by atoms with Gasteiger partial charge in [0.25, 0.3) is 5.91 Å². The predicted octanol–water partition coefficient (Wildman–Crippen LogP) is 4.30. The Labute approximate surface area is 174 Å². The van der Waals surface area contributed by atoms with Crippen molar-refractivity contribution in [2.75, 3.05) is 20.8 Å². The lowest BCUT2D eigenvalue weighted by Crippen LogP contribution is -2.30. The van der Waals surface area contributed by atoms with Gasteiger partial charge in [-0.05, 0) is 30.7 Å². The number of carbonyl (C=O) groups is 1. The summed E-state index contributed by atoms with van der Waals surface area (Å²) in [6.07, 6.45) is 0. The summed E-state index contributed by atoms with van der Waals surface area (Å²) in [6.45, 7) is 2.19. The second-order valence-corrected chi connectivity index (χ2v) is 7.31. The van der Waals surface area contributed by atoms with E-state index in [2.05, 4.69) is 11.1 Å². The lowest BCUT2D eigenvalue weighted by atomic mass is 10.2. The van der Waals surface area contributed by atoms with Crippen LogP contribution in [0, 0.1) is 18.3 Å². The highest BCUT2D eigenvalue weighted by Gasteiger charge is 2.22. The number of aryl methyl sites for hydroxylation is 1. The van der Waals surface area contributed by atoms with E-state index in [4.69, 9.17) is 9.47 Å². The zero-order chi connectivity index (χ0) is 20.8. The second-order valence-electron chi connectivity index (χ2n) is 6.31. The number of aromatic nitrogens is 1. The maximum atomic E-state index is 13.1. The van der Waals surface area contributed by atoms with Crippen molar-refractivity contribution >= 4 is 17.2 Å². The Morgan fingerprint density at radius 3 is 2.52 bits per heavy atom. The van der Waals surface area contributed by atoms with Gasteiger partial charge >= 0.3 is 0 Å². The van der Waals surface area contributed by atoms with E-state index in [1.807, 2.05) is 48.5 Å². The number of ether oxygens (including phenoxy) is 2. The molecule has 0 aliphatic heterocycles. The van der Waals surface area contributed by atoms with E-state index in [9.17, 15) is 10.1 Å². The predicted molar refractivity (Wildman–Crippen MR) is 112 cm³/mol. The fourth-order valence-corrected chi connectivity index (χ4v) is 3.95. The molecule has 0 radical (unpaired) electrons. The fourth-order valence-electron chi connectivity index (χ4n) is 2.92. The number of benzene rings is 2. The molecule has 1 amide bonds. The summed E-state index contributed by atoms with van der Waals surface area (Å²) in [7, 11) is 3.16. The molecule has 0 saturated carbocycles. The topological polar surface area (TPSA) is 75.5 Å². The number of nitrogens with zero attached hydrogens (tertiary/aromatic N) is 3. The van der Waals surface area contributed by atoms with Crippen molar-refractivity contribution in [3.05, 3.63) is 64.7 Å². The average Bonchev–Trinajstić information content (AvgIpc) is 3.14. The minimum atomic E-state index is -0.197. The SMILES string of the molecule is COc1ccc(-c2nc(C)c(C(=O)N(CC#N)Cc3ccccc3)s2)cc1OC. The normalized spacial score (nSPS) is 10.3. The summed E-state index contributed by atoms with van der Waals surface area (Å²) >= 11 is 1.31. The van der Waals surface area contributed by atoms with Gasteiger partial charge in [0.15, 0.2) is 11.5 Å². The minimum Gasteiger partial charge on any atom is -0.493 e. The number of rotatable bonds is 7. The molecule has 3 rings (SSSR count). The molecule has 0 bridgehead atoms. The Hall–Kier alpha value is -3.37. The summed E-state index contributed by atoms with van der Waals surface area (Å²) in [4.78, 5) is 19.8. The van der Waals surface area contributed by atoms with Gasteiger partial charge in [0.2, 0.25) is 0 Å². The van der Waals surface area contributed by atoms with Crippen molar-refractivity contribution < 1.29 is 14.3 Å². The van der Waals surface area contributed by atoms with Gasteiger partial charge in [0.1, 0.15) is 16.4 Å². The van der Waals surface area contributed by atoms with Crippen LogP contribution in [0.2, 0.25) is 0 Å². The van der Waals surface area contributed by atoms with Gasteiger partial charge in [-0.25, -0.2) is 4.98 Å². The van der Waals surface area contributed by atoms with Crippen molar-refractivity contribution in [2.24, 2.45) is 0 Å². The summed E-state index contributed by atoms with van der Waals surface area (Å²) in [5.74, 6) is 1.03. The first-order chi connectivity index (χ1) is 14.1. The van der Waals surface area contributed by atoms with Crippen LogP contribution in [0.25, 0.3) is 10.6 Å². The van der Waals surface area contributed by atoms with E-state index in [0.717, 1.165) is 11.1 Å². The van der Waals surface area contributed by atoms with E-state index in [1.54, 1.807) is 21.1 Å². The zero-order valence-electron chi connectivity index (χ0n) is 16.5. The molecule has 0 aliphatic rings. The van der Waals surface area contributed by atoms with Crippen LogP contribution < -0.4 is 9.47 Å². The van der Waals surface area contributed by atoms with Crippen molar-refractivity contribution in [1.82, 2.24) is 9.88 Å². The Morgan fingerprint density at radius 1 is 1.14 bits per heavy atom. The van der Waals surface area contributed by atoms with Crippen LogP contribution in [0.4, 0.5) is 0 Å². The molecule has 2 aromatic carbocycles. The molecule has 0 fully saturated rings. The van der Waals surface area contributed by atoms with Gasteiger partial charge in [-0.2, -0.15) is 5.26 Å². The van der Waals surface area contributed by atoms with Crippen molar-refractivity contribution in [3.8, 4) is 28.1 Å². The maximum Gasteiger partial charge on any atom is 0.267 e. The first kappa shape index (κ1) is 20.4. The van der Waals surface area contributed by atoms with Gasteiger partial charge < -0.3 is 14.4 Å². The van der Waals surface area contributed by atoms with Crippen molar-refractivity contribution in [3.63, 3.8) is 0 Å². The number of carbonyl (C=O) groups excluding carboxylic acids is 1. The number of nitriles is 1. The van der Waals surface area contributed by atoms with E-state index in [0.29, 0.717) is 33.6 Å². The maximum absolute atomic E-state index is 13.1. The summed E-state index contributed by atoms with van der Waals surface area (Å²) < 4.78 is 10.6. The number of hydrogen-bond acceptors (Lipinski definition) is 6. The van der Waals surface area contributed by atoms with Crippen LogP contribution in [0.3, 0.4) is 0 Å². The molecular formula is C22H21N3O3S. The van der Waals surface area contributed by atoms with Gasteiger partial charge in [-0.1, -0.05) is 30.3 Å². The largest absolute Gasteiger partial charge is 0.493 e. The van der Waals surface area contributed by atoms with Gasteiger partial charge in [0, 0.05) is 12.1 Å². The third-order valence-electron chi connectivity index (χ3n) is 4.39. The molecule has 0 spiro atoms. The van der Waals surface area contributed by atoms with Crippen LogP contribution >= 0.6 is 11.3 Å². The summed E-state index contributed by atoms with van der Waals surface area (Å²) in [5.41, 5.74) is 2.45. The molecule has 6 nitrogen and oxygen atoms in total. The molecule has 7 heteroatoms. The van der Waals surface area contributed by atoms with Crippen molar-refractivity contribution in [2.45, 2.75) is 13.5 Å². The minimum absolute atomic E-state index is 0.0107.